The number of aryl methyl sites for hydroxylation is 2. The fourth-order valence-electron chi connectivity index (χ4n) is 4.54. The maximum absolute atomic E-state index is 13.1. The molecule has 2 aromatic rings. The van der Waals surface area contributed by atoms with E-state index in [1.165, 1.54) is 0 Å². The predicted molar refractivity (Wildman–Crippen MR) is 120 cm³/mol. The number of allylic oxidation sites excluding steroid dienone is 2. The molecule has 0 saturated carbocycles. The fourth-order valence-corrected chi connectivity index (χ4v) is 4.54. The van der Waals surface area contributed by atoms with Crippen LogP contribution in [0.5, 0.6) is 0 Å². The number of aliphatic carboxylic acids is 1. The molecule has 2 N–H and O–H groups in total. The topological polar surface area (TPSA) is 130 Å². The summed E-state index contributed by atoms with van der Waals surface area (Å²) in [7, 11) is 0. The maximum atomic E-state index is 13.1. The second-order valence-electron chi connectivity index (χ2n) is 8.44. The number of Topliss-reactive ketones (excluding diaryl/α,β-unsaturated/α-hetero) is 2. The van der Waals surface area contributed by atoms with Gasteiger partial charge in [-0.25, -0.2) is 0 Å². The third kappa shape index (κ3) is 5.10. The largest absolute Gasteiger partial charge is 0.511 e. The van der Waals surface area contributed by atoms with Crippen LogP contribution in [0.4, 0.5) is 0 Å². The van der Waals surface area contributed by atoms with Gasteiger partial charge in [-0.15, -0.1) is 0 Å². The number of aliphatic imine (C=N–C) groups is 1. The molecule has 0 aliphatic heterocycles. The molecule has 8 nitrogen and oxygen atoms in total. The second kappa shape index (κ2) is 9.94. The molecular weight excluding hydrogens is 424 g/mol. The summed E-state index contributed by atoms with van der Waals surface area (Å²) in [4.78, 5) is 40.7. The number of aliphatic hydroxyl groups excluding tert-OH is 1. The number of ketones is 2. The lowest BCUT2D eigenvalue weighted by Crippen LogP contribution is -2.25. The molecule has 2 aliphatic rings. The van der Waals surface area contributed by atoms with E-state index in [0.717, 1.165) is 12.0 Å². The Kier molecular flexibility index (Phi) is 6.82. The Labute approximate surface area is 191 Å². The molecule has 172 valence electrons. The minimum atomic E-state index is -0.994. The Morgan fingerprint density at radius 1 is 1.09 bits per heavy atom. The van der Waals surface area contributed by atoms with Crippen LogP contribution in [0.1, 0.15) is 71.8 Å². The third-order valence-corrected chi connectivity index (χ3v) is 6.15. The quantitative estimate of drug-likeness (QED) is 0.581. The van der Waals surface area contributed by atoms with Crippen LogP contribution in [-0.4, -0.2) is 45.2 Å². The minimum Gasteiger partial charge on any atom is -0.511 e. The van der Waals surface area contributed by atoms with Gasteiger partial charge in [0.05, 0.1) is 23.3 Å². The standard InChI is InChI=1S/C25H26N2O6/c28-19-7-4-8-22-25(19)18(27-33-22)10-9-17(26-12-11-23(31)32)24-20(29)13-16(14-21(24)30)15-5-2-1-3-6-15/h1-3,5-6,16,29H,4,7-14H2,(H,31,32). The first-order valence-electron chi connectivity index (χ1n) is 11.2. The molecule has 0 amide bonds. The van der Waals surface area contributed by atoms with Gasteiger partial charge in [-0.2, -0.15) is 0 Å². The van der Waals surface area contributed by atoms with Crippen molar-refractivity contribution in [1.29, 1.82) is 0 Å². The summed E-state index contributed by atoms with van der Waals surface area (Å²) in [5, 5.41) is 23.9. The Balaban J connectivity index is 1.58. The highest BCUT2D eigenvalue weighted by Gasteiger charge is 2.32. The first kappa shape index (κ1) is 22.6. The van der Waals surface area contributed by atoms with Crippen LogP contribution < -0.4 is 0 Å². The van der Waals surface area contributed by atoms with Crippen LogP contribution in [0.3, 0.4) is 0 Å². The van der Waals surface area contributed by atoms with Crippen LogP contribution in [0.25, 0.3) is 0 Å². The zero-order valence-corrected chi connectivity index (χ0v) is 18.2. The Morgan fingerprint density at radius 2 is 1.88 bits per heavy atom. The second-order valence-corrected chi connectivity index (χ2v) is 8.44. The summed E-state index contributed by atoms with van der Waals surface area (Å²) in [5.41, 5.74) is 2.53. The summed E-state index contributed by atoms with van der Waals surface area (Å²) in [6.07, 6.45) is 2.76. The monoisotopic (exact) mass is 450 g/mol. The van der Waals surface area contributed by atoms with Crippen LogP contribution in [-0.2, 0) is 22.4 Å². The van der Waals surface area contributed by atoms with Gasteiger partial charge >= 0.3 is 5.97 Å². The molecule has 0 bridgehead atoms. The van der Waals surface area contributed by atoms with Crippen molar-refractivity contribution in [3.63, 3.8) is 0 Å². The molecule has 1 aromatic carbocycles. The van der Waals surface area contributed by atoms with E-state index < -0.39 is 5.97 Å². The molecule has 0 fully saturated rings. The van der Waals surface area contributed by atoms with E-state index in [2.05, 4.69) is 10.1 Å². The van der Waals surface area contributed by atoms with Gasteiger partial charge in [-0.05, 0) is 30.7 Å². The molecule has 4 rings (SSSR count). The number of fused-ring (bicyclic) bond motifs is 1. The molecule has 1 unspecified atom stereocenters. The molecule has 0 saturated heterocycles. The smallest absolute Gasteiger partial charge is 0.305 e. The van der Waals surface area contributed by atoms with E-state index in [0.29, 0.717) is 48.4 Å². The molecule has 2 aliphatic carbocycles. The predicted octanol–water partition coefficient (Wildman–Crippen LogP) is 4.00. The normalized spacial score (nSPS) is 19.0. The van der Waals surface area contributed by atoms with Crippen molar-refractivity contribution >= 4 is 23.2 Å². The first-order valence-corrected chi connectivity index (χ1v) is 11.2. The van der Waals surface area contributed by atoms with Crippen molar-refractivity contribution < 1.29 is 29.1 Å². The van der Waals surface area contributed by atoms with E-state index in [9.17, 15) is 19.5 Å². The number of carbonyl (C=O) groups excluding carboxylic acids is 2. The number of aliphatic hydroxyl groups is 1. The van der Waals surface area contributed by atoms with E-state index in [-0.39, 0.29) is 54.6 Å². The highest BCUT2D eigenvalue weighted by atomic mass is 16.5. The van der Waals surface area contributed by atoms with Gasteiger partial charge in [-0.1, -0.05) is 35.5 Å². The number of hydrogen-bond acceptors (Lipinski definition) is 7. The van der Waals surface area contributed by atoms with E-state index in [1.807, 2.05) is 30.3 Å². The summed E-state index contributed by atoms with van der Waals surface area (Å²) in [5.74, 6) is -0.785. The van der Waals surface area contributed by atoms with Crippen molar-refractivity contribution in [1.82, 2.24) is 5.16 Å². The third-order valence-electron chi connectivity index (χ3n) is 6.15. The number of carbonyl (C=O) groups is 3. The zero-order valence-electron chi connectivity index (χ0n) is 18.2. The number of benzene rings is 1. The number of carboxylic acid groups (broad SMARTS) is 1. The summed E-state index contributed by atoms with van der Waals surface area (Å²) in [6.45, 7) is -0.00725. The van der Waals surface area contributed by atoms with Crippen LogP contribution >= 0.6 is 0 Å². The van der Waals surface area contributed by atoms with Gasteiger partial charge in [0.25, 0.3) is 0 Å². The van der Waals surface area contributed by atoms with Gasteiger partial charge in [0.1, 0.15) is 11.5 Å². The average molecular weight is 450 g/mol. The molecule has 8 heteroatoms. The maximum Gasteiger partial charge on any atom is 0.305 e. The van der Waals surface area contributed by atoms with Crippen molar-refractivity contribution in [3.05, 3.63) is 64.2 Å². The van der Waals surface area contributed by atoms with Crippen molar-refractivity contribution in [2.24, 2.45) is 4.99 Å². The van der Waals surface area contributed by atoms with E-state index in [1.54, 1.807) is 0 Å². The van der Waals surface area contributed by atoms with Crippen molar-refractivity contribution in [3.8, 4) is 0 Å². The van der Waals surface area contributed by atoms with Gasteiger partial charge in [0, 0.05) is 37.9 Å². The van der Waals surface area contributed by atoms with Crippen LogP contribution in [0.15, 0.2) is 51.2 Å². The molecular formula is C25H26N2O6. The number of hydrogen-bond donors (Lipinski definition) is 2. The van der Waals surface area contributed by atoms with Gasteiger partial charge < -0.3 is 14.7 Å². The lowest BCUT2D eigenvalue weighted by Gasteiger charge is -2.24. The van der Waals surface area contributed by atoms with E-state index >= 15 is 0 Å². The summed E-state index contributed by atoms with van der Waals surface area (Å²) < 4.78 is 5.34. The zero-order chi connectivity index (χ0) is 23.4. The molecule has 1 heterocycles. The molecule has 1 atom stereocenters. The van der Waals surface area contributed by atoms with Crippen LogP contribution in [0.2, 0.25) is 0 Å². The number of rotatable bonds is 8. The lowest BCUT2D eigenvalue weighted by atomic mass is 9.80. The Morgan fingerprint density at radius 3 is 2.61 bits per heavy atom. The molecule has 0 radical (unpaired) electrons. The Hall–Kier alpha value is -3.55. The van der Waals surface area contributed by atoms with Crippen LogP contribution in [0, 0.1) is 0 Å². The SMILES string of the molecule is O=C(O)CCN=C(CCc1noc2c1C(=O)CCC2)C1=C(O)CC(c2ccccc2)CC1=O. The first-order chi connectivity index (χ1) is 15.9. The summed E-state index contributed by atoms with van der Waals surface area (Å²) >= 11 is 0. The lowest BCUT2D eigenvalue weighted by molar-refractivity contribution is -0.136. The Bertz CT molecular complexity index is 1130. The molecule has 33 heavy (non-hydrogen) atoms. The highest BCUT2D eigenvalue weighted by Crippen LogP contribution is 2.35. The van der Waals surface area contributed by atoms with E-state index in [4.69, 9.17) is 9.63 Å². The highest BCUT2D eigenvalue weighted by molar-refractivity contribution is 6.23. The molecule has 1 aromatic heterocycles. The number of nitrogens with zero attached hydrogens (tertiary/aromatic N) is 2. The van der Waals surface area contributed by atoms with Gasteiger partial charge in [0.2, 0.25) is 0 Å². The minimum absolute atomic E-state index is 0.00151. The molecule has 0 spiro atoms. The number of aromatic nitrogens is 1. The number of carboxylic acids is 1. The fraction of sp³-hybridized carbons (Fsp3) is 0.400. The van der Waals surface area contributed by atoms with Gasteiger partial charge in [-0.3, -0.25) is 19.4 Å². The summed E-state index contributed by atoms with van der Waals surface area (Å²) in [6, 6.07) is 9.56. The van der Waals surface area contributed by atoms with Crippen molar-refractivity contribution in [2.45, 2.75) is 57.3 Å². The van der Waals surface area contributed by atoms with Crippen molar-refractivity contribution in [2.75, 3.05) is 6.54 Å². The average Bonchev–Trinajstić information content (AvgIpc) is 3.21. The van der Waals surface area contributed by atoms with Gasteiger partial charge in [0.15, 0.2) is 11.6 Å².